The van der Waals surface area contributed by atoms with Crippen molar-refractivity contribution in [3.63, 3.8) is 0 Å². The molecule has 0 aliphatic carbocycles. The highest BCUT2D eigenvalue weighted by atomic mass is 32.2. The van der Waals surface area contributed by atoms with Gasteiger partial charge in [0, 0.05) is 30.6 Å². The summed E-state index contributed by atoms with van der Waals surface area (Å²) in [7, 11) is -3.58. The highest BCUT2D eigenvalue weighted by Gasteiger charge is 2.29. The molecule has 0 aliphatic rings. The summed E-state index contributed by atoms with van der Waals surface area (Å²) in [6.45, 7) is 10.9. The first-order valence-corrected chi connectivity index (χ1v) is 13.8. The van der Waals surface area contributed by atoms with Gasteiger partial charge in [0.1, 0.15) is 11.9 Å². The molecule has 0 fully saturated rings. The van der Waals surface area contributed by atoms with Crippen LogP contribution in [-0.4, -0.2) is 49.5 Å². The average molecular weight is 520 g/mol. The molecule has 0 aromatic heterocycles. The molecule has 0 heterocycles. The normalized spacial score (nSPS) is 12.7. The number of sulfonamides is 1. The molecule has 36 heavy (non-hydrogen) atoms. The van der Waals surface area contributed by atoms with Crippen LogP contribution < -0.4 is 9.62 Å². The minimum absolute atomic E-state index is 0.00158. The molecule has 1 atom stereocenters. The van der Waals surface area contributed by atoms with Gasteiger partial charge >= 0.3 is 0 Å². The second-order valence-corrected chi connectivity index (χ2v) is 12.2. The van der Waals surface area contributed by atoms with Gasteiger partial charge < -0.3 is 10.2 Å². The molecule has 0 unspecified atom stereocenters. The molecule has 2 amide bonds. The number of hydrogen-bond donors (Lipinski definition) is 1. The maximum absolute atomic E-state index is 14.4. The SMILES string of the molecule is Cc1cc(C)cc(N(CCCC(=O)N(Cc2ccccc2F)[C@@H](C)C(=O)NC(C)(C)C)S(C)(=O)=O)c1. The lowest BCUT2D eigenvalue weighted by atomic mass is 10.1. The van der Waals surface area contributed by atoms with Crippen LogP contribution in [0.1, 0.15) is 57.2 Å². The highest BCUT2D eigenvalue weighted by molar-refractivity contribution is 7.92. The van der Waals surface area contributed by atoms with Crippen molar-refractivity contribution in [2.45, 2.75) is 72.5 Å². The van der Waals surface area contributed by atoms with Crippen LogP contribution in [0.2, 0.25) is 0 Å². The molecule has 198 valence electrons. The number of halogens is 1. The molecule has 0 saturated carbocycles. The molecule has 0 saturated heterocycles. The van der Waals surface area contributed by atoms with Crippen molar-refractivity contribution in [1.82, 2.24) is 10.2 Å². The molecule has 2 aromatic carbocycles. The first-order valence-electron chi connectivity index (χ1n) is 12.0. The Bertz CT molecular complexity index is 1170. The van der Waals surface area contributed by atoms with Gasteiger partial charge in [0.15, 0.2) is 0 Å². The number of benzene rings is 2. The Hall–Kier alpha value is -2.94. The molecule has 1 N–H and O–H groups in total. The minimum atomic E-state index is -3.58. The molecular formula is C27H38FN3O4S. The standard InChI is InChI=1S/C27H38FN3O4S/c1-19-15-20(2)17-23(16-19)31(36(7,34)35)14-10-13-25(32)30(18-22-11-8-9-12-24(22)28)21(3)26(33)29-27(4,5)6/h8-9,11-12,15-17,21H,10,13-14,18H2,1-7H3,(H,29,33)/t21-/m0/s1. The predicted molar refractivity (Wildman–Crippen MR) is 142 cm³/mol. The van der Waals surface area contributed by atoms with E-state index in [9.17, 15) is 22.4 Å². The van der Waals surface area contributed by atoms with Crippen LogP contribution in [0.5, 0.6) is 0 Å². The fourth-order valence-electron chi connectivity index (χ4n) is 3.97. The second kappa shape index (κ2) is 11.9. The summed E-state index contributed by atoms with van der Waals surface area (Å²) in [5.41, 5.74) is 2.21. The summed E-state index contributed by atoms with van der Waals surface area (Å²) < 4.78 is 40.7. The van der Waals surface area contributed by atoms with Gasteiger partial charge in [-0.2, -0.15) is 0 Å². The van der Waals surface area contributed by atoms with Crippen LogP contribution in [-0.2, 0) is 26.2 Å². The quantitative estimate of drug-likeness (QED) is 0.507. The second-order valence-electron chi connectivity index (χ2n) is 10.3. The fraction of sp³-hybridized carbons (Fsp3) is 0.481. The third-order valence-corrected chi connectivity index (χ3v) is 6.80. The molecular weight excluding hydrogens is 481 g/mol. The zero-order chi connectivity index (χ0) is 27.3. The lowest BCUT2D eigenvalue weighted by Gasteiger charge is -2.32. The lowest BCUT2D eigenvalue weighted by Crippen LogP contribution is -2.52. The van der Waals surface area contributed by atoms with E-state index >= 15 is 0 Å². The van der Waals surface area contributed by atoms with Gasteiger partial charge in [-0.3, -0.25) is 13.9 Å². The Morgan fingerprint density at radius 3 is 2.17 bits per heavy atom. The topological polar surface area (TPSA) is 86.8 Å². The van der Waals surface area contributed by atoms with Crippen LogP contribution in [0.15, 0.2) is 42.5 Å². The maximum atomic E-state index is 14.4. The van der Waals surface area contributed by atoms with Crippen LogP contribution in [0.3, 0.4) is 0 Å². The molecule has 0 radical (unpaired) electrons. The average Bonchev–Trinajstić information content (AvgIpc) is 2.72. The van der Waals surface area contributed by atoms with E-state index in [0.717, 1.165) is 17.4 Å². The van der Waals surface area contributed by atoms with E-state index in [2.05, 4.69) is 5.32 Å². The number of anilines is 1. The molecule has 0 bridgehead atoms. The molecule has 0 spiro atoms. The third kappa shape index (κ3) is 8.62. The number of carbonyl (C=O) groups is 2. The van der Waals surface area contributed by atoms with Gasteiger partial charge in [-0.25, -0.2) is 12.8 Å². The van der Waals surface area contributed by atoms with Crippen LogP contribution in [0.4, 0.5) is 10.1 Å². The maximum Gasteiger partial charge on any atom is 0.242 e. The van der Waals surface area contributed by atoms with E-state index in [1.165, 1.54) is 15.3 Å². The van der Waals surface area contributed by atoms with Crippen molar-refractivity contribution in [3.05, 3.63) is 65.0 Å². The first-order chi connectivity index (χ1) is 16.6. The zero-order valence-electron chi connectivity index (χ0n) is 22.3. The van der Waals surface area contributed by atoms with Gasteiger partial charge in [0.2, 0.25) is 21.8 Å². The largest absolute Gasteiger partial charge is 0.350 e. The Morgan fingerprint density at radius 1 is 1.06 bits per heavy atom. The molecule has 7 nitrogen and oxygen atoms in total. The van der Waals surface area contributed by atoms with Crippen LogP contribution >= 0.6 is 0 Å². The van der Waals surface area contributed by atoms with Gasteiger partial charge in [0.25, 0.3) is 0 Å². The minimum Gasteiger partial charge on any atom is -0.350 e. The highest BCUT2D eigenvalue weighted by Crippen LogP contribution is 2.22. The van der Waals surface area contributed by atoms with E-state index in [-0.39, 0.29) is 37.7 Å². The number of nitrogens with one attached hydrogen (secondary N) is 1. The smallest absolute Gasteiger partial charge is 0.242 e. The van der Waals surface area contributed by atoms with Crippen molar-refractivity contribution < 1.29 is 22.4 Å². The summed E-state index contributed by atoms with van der Waals surface area (Å²) >= 11 is 0. The van der Waals surface area contributed by atoms with E-state index in [4.69, 9.17) is 0 Å². The van der Waals surface area contributed by atoms with Crippen LogP contribution in [0.25, 0.3) is 0 Å². The number of rotatable bonds is 10. The number of hydrogen-bond acceptors (Lipinski definition) is 4. The third-order valence-electron chi connectivity index (χ3n) is 5.61. The van der Waals surface area contributed by atoms with E-state index < -0.39 is 27.4 Å². The zero-order valence-corrected chi connectivity index (χ0v) is 23.1. The molecule has 9 heteroatoms. The molecule has 0 aliphatic heterocycles. The Balaban J connectivity index is 2.23. The fourth-order valence-corrected chi connectivity index (χ4v) is 4.91. The Morgan fingerprint density at radius 2 is 1.64 bits per heavy atom. The van der Waals surface area contributed by atoms with Crippen molar-refractivity contribution in [2.75, 3.05) is 17.1 Å². The van der Waals surface area contributed by atoms with Gasteiger partial charge in [0.05, 0.1) is 11.9 Å². The number of amides is 2. The van der Waals surface area contributed by atoms with E-state index in [0.29, 0.717) is 11.3 Å². The number of carbonyl (C=O) groups excluding carboxylic acids is 2. The van der Waals surface area contributed by atoms with E-state index in [1.54, 1.807) is 37.3 Å². The lowest BCUT2D eigenvalue weighted by molar-refractivity contribution is -0.141. The monoisotopic (exact) mass is 519 g/mol. The Labute approximate surface area is 214 Å². The summed E-state index contributed by atoms with van der Waals surface area (Å²) in [4.78, 5) is 27.5. The van der Waals surface area contributed by atoms with Crippen LogP contribution in [0, 0.1) is 19.7 Å². The summed E-state index contributed by atoms with van der Waals surface area (Å²) in [5, 5.41) is 2.87. The van der Waals surface area contributed by atoms with Gasteiger partial charge in [-0.15, -0.1) is 0 Å². The van der Waals surface area contributed by atoms with Crippen molar-refractivity contribution in [2.24, 2.45) is 0 Å². The summed E-state index contributed by atoms with van der Waals surface area (Å²) in [6.07, 6.45) is 1.37. The van der Waals surface area contributed by atoms with Crippen molar-refractivity contribution in [1.29, 1.82) is 0 Å². The number of nitrogens with zero attached hydrogens (tertiary/aromatic N) is 2. The predicted octanol–water partition coefficient (Wildman–Crippen LogP) is 4.32. The van der Waals surface area contributed by atoms with Crippen molar-refractivity contribution >= 4 is 27.5 Å². The van der Waals surface area contributed by atoms with Gasteiger partial charge in [-0.05, 0) is 77.3 Å². The summed E-state index contributed by atoms with van der Waals surface area (Å²) in [5.74, 6) is -1.17. The van der Waals surface area contributed by atoms with Crippen molar-refractivity contribution in [3.8, 4) is 0 Å². The van der Waals surface area contributed by atoms with Gasteiger partial charge in [-0.1, -0.05) is 24.3 Å². The molecule has 2 aromatic rings. The molecule has 2 rings (SSSR count). The Kier molecular flexibility index (Phi) is 9.65. The first kappa shape index (κ1) is 29.3. The van der Waals surface area contributed by atoms with E-state index in [1.807, 2.05) is 40.7 Å². The number of aryl methyl sites for hydroxylation is 2. The summed E-state index contributed by atoms with van der Waals surface area (Å²) in [6, 6.07) is 10.8.